The molecule has 108 valence electrons. The lowest BCUT2D eigenvalue weighted by molar-refractivity contribution is -0.122. The second kappa shape index (κ2) is 7.89. The van der Waals surface area contributed by atoms with Crippen LogP contribution in [-0.4, -0.2) is 33.8 Å². The maximum atomic E-state index is 11.7. The van der Waals surface area contributed by atoms with Gasteiger partial charge in [0.25, 0.3) is 0 Å². The summed E-state index contributed by atoms with van der Waals surface area (Å²) in [6.07, 6.45) is 2.16. The Morgan fingerprint density at radius 1 is 1.47 bits per heavy atom. The molecule has 0 saturated carbocycles. The highest BCUT2D eigenvalue weighted by Crippen LogP contribution is 2.10. The summed E-state index contributed by atoms with van der Waals surface area (Å²) in [7, 11) is 0. The minimum atomic E-state index is -0.0513. The first kappa shape index (κ1) is 15.6. The van der Waals surface area contributed by atoms with Crippen molar-refractivity contribution in [3.05, 3.63) is 11.7 Å². The smallest absolute Gasteiger partial charge is 0.227 e. The Kier molecular flexibility index (Phi) is 6.49. The molecule has 1 unspecified atom stereocenters. The molecular weight excluding hydrogens is 246 g/mol. The minimum absolute atomic E-state index is 0.0337. The van der Waals surface area contributed by atoms with E-state index < -0.39 is 0 Å². The van der Waals surface area contributed by atoms with E-state index in [1.54, 1.807) is 0 Å². The van der Waals surface area contributed by atoms with Crippen LogP contribution in [0.15, 0.2) is 4.52 Å². The molecule has 2 N–H and O–H groups in total. The third-order valence-corrected chi connectivity index (χ3v) is 2.90. The van der Waals surface area contributed by atoms with E-state index in [4.69, 9.17) is 9.63 Å². The van der Waals surface area contributed by atoms with E-state index in [1.165, 1.54) is 0 Å². The fourth-order valence-electron chi connectivity index (χ4n) is 1.66. The first-order chi connectivity index (χ1) is 9.06. The van der Waals surface area contributed by atoms with Crippen molar-refractivity contribution in [3.8, 4) is 0 Å². The minimum Gasteiger partial charge on any atom is -0.396 e. The highest BCUT2D eigenvalue weighted by atomic mass is 16.5. The predicted octanol–water partition coefficient (Wildman–Crippen LogP) is 1.40. The van der Waals surface area contributed by atoms with Crippen LogP contribution in [0.25, 0.3) is 0 Å². The first-order valence-corrected chi connectivity index (χ1v) is 6.79. The zero-order chi connectivity index (χ0) is 14.3. The van der Waals surface area contributed by atoms with Crippen LogP contribution in [0.4, 0.5) is 0 Å². The third kappa shape index (κ3) is 5.38. The number of carbonyl (C=O) groups excluding carboxylic acids is 1. The number of carbonyl (C=O) groups is 1. The van der Waals surface area contributed by atoms with Gasteiger partial charge in [0.15, 0.2) is 5.82 Å². The maximum absolute atomic E-state index is 11.7. The number of aryl methyl sites for hydroxylation is 1. The van der Waals surface area contributed by atoms with Crippen LogP contribution in [0.3, 0.4) is 0 Å². The Morgan fingerprint density at radius 3 is 2.74 bits per heavy atom. The number of nitrogens with one attached hydrogen (secondary N) is 1. The molecule has 0 aliphatic heterocycles. The van der Waals surface area contributed by atoms with Gasteiger partial charge in [0.1, 0.15) is 0 Å². The summed E-state index contributed by atoms with van der Waals surface area (Å²) in [6, 6.07) is 0.0337. The average molecular weight is 269 g/mol. The van der Waals surface area contributed by atoms with Gasteiger partial charge in [0.05, 0.1) is 0 Å². The summed E-state index contributed by atoms with van der Waals surface area (Å²) in [6.45, 7) is 6.04. The van der Waals surface area contributed by atoms with E-state index in [0.717, 1.165) is 6.42 Å². The summed E-state index contributed by atoms with van der Waals surface area (Å²) in [5.74, 6) is 1.33. The predicted molar refractivity (Wildman–Crippen MR) is 70.6 cm³/mol. The summed E-state index contributed by atoms with van der Waals surface area (Å²) >= 11 is 0. The zero-order valence-corrected chi connectivity index (χ0v) is 11.8. The molecule has 1 rings (SSSR count). The molecule has 1 amide bonds. The van der Waals surface area contributed by atoms with Gasteiger partial charge in [-0.2, -0.15) is 4.98 Å². The molecule has 1 aromatic heterocycles. The monoisotopic (exact) mass is 269 g/mol. The van der Waals surface area contributed by atoms with Crippen molar-refractivity contribution in [3.63, 3.8) is 0 Å². The van der Waals surface area contributed by atoms with Gasteiger partial charge in [-0.1, -0.05) is 25.9 Å². The van der Waals surface area contributed by atoms with Gasteiger partial charge in [-0.3, -0.25) is 4.79 Å². The van der Waals surface area contributed by atoms with E-state index >= 15 is 0 Å². The fraction of sp³-hybridized carbons (Fsp3) is 0.769. The van der Waals surface area contributed by atoms with E-state index in [9.17, 15) is 4.79 Å². The van der Waals surface area contributed by atoms with Crippen LogP contribution in [0.2, 0.25) is 0 Å². The molecule has 1 atom stereocenters. The van der Waals surface area contributed by atoms with Gasteiger partial charge < -0.3 is 14.9 Å². The Bertz CT molecular complexity index is 390. The molecule has 0 bridgehead atoms. The maximum Gasteiger partial charge on any atom is 0.227 e. The highest BCUT2D eigenvalue weighted by molar-refractivity contribution is 5.76. The summed E-state index contributed by atoms with van der Waals surface area (Å²) in [5, 5.41) is 15.6. The number of amides is 1. The molecule has 1 aromatic rings. The van der Waals surface area contributed by atoms with Crippen molar-refractivity contribution in [2.24, 2.45) is 0 Å². The normalized spacial score (nSPS) is 12.7. The van der Waals surface area contributed by atoms with E-state index in [2.05, 4.69) is 15.5 Å². The fourth-order valence-corrected chi connectivity index (χ4v) is 1.66. The molecular formula is C13H23N3O3. The van der Waals surface area contributed by atoms with Crippen molar-refractivity contribution in [2.75, 3.05) is 6.61 Å². The second-order valence-corrected chi connectivity index (χ2v) is 4.89. The standard InChI is InChI=1S/C13H23N3O3/c1-4-10(7-8-17)14-11(18)5-6-12-15-13(9(2)3)16-19-12/h9-10,17H,4-8H2,1-3H3,(H,14,18). The van der Waals surface area contributed by atoms with Gasteiger partial charge in [-0.25, -0.2) is 0 Å². The van der Waals surface area contributed by atoms with Crippen LogP contribution >= 0.6 is 0 Å². The molecule has 0 aliphatic rings. The molecule has 0 aromatic carbocycles. The number of rotatable bonds is 8. The SMILES string of the molecule is CCC(CCO)NC(=O)CCc1nc(C(C)C)no1. The third-order valence-electron chi connectivity index (χ3n) is 2.90. The van der Waals surface area contributed by atoms with Gasteiger partial charge in [0.2, 0.25) is 11.8 Å². The van der Waals surface area contributed by atoms with Crippen LogP contribution in [0, 0.1) is 0 Å². The highest BCUT2D eigenvalue weighted by Gasteiger charge is 2.13. The lowest BCUT2D eigenvalue weighted by Crippen LogP contribution is -2.35. The Hall–Kier alpha value is -1.43. The number of hydrogen-bond donors (Lipinski definition) is 2. The van der Waals surface area contributed by atoms with Gasteiger partial charge in [-0.15, -0.1) is 0 Å². The van der Waals surface area contributed by atoms with Gasteiger partial charge in [0, 0.05) is 31.4 Å². The van der Waals surface area contributed by atoms with E-state index in [1.807, 2.05) is 20.8 Å². The number of hydrogen-bond acceptors (Lipinski definition) is 5. The van der Waals surface area contributed by atoms with Crippen molar-refractivity contribution in [1.29, 1.82) is 0 Å². The van der Waals surface area contributed by atoms with Crippen molar-refractivity contribution >= 4 is 5.91 Å². The lowest BCUT2D eigenvalue weighted by atomic mass is 10.1. The largest absolute Gasteiger partial charge is 0.396 e. The number of aliphatic hydroxyl groups is 1. The van der Waals surface area contributed by atoms with Crippen molar-refractivity contribution in [1.82, 2.24) is 15.5 Å². The second-order valence-electron chi connectivity index (χ2n) is 4.89. The Morgan fingerprint density at radius 2 is 2.21 bits per heavy atom. The Labute approximate surface area is 113 Å². The summed E-state index contributed by atoms with van der Waals surface area (Å²) in [4.78, 5) is 15.9. The molecule has 6 heteroatoms. The van der Waals surface area contributed by atoms with Crippen LogP contribution in [0.1, 0.15) is 57.7 Å². The molecule has 19 heavy (non-hydrogen) atoms. The number of nitrogens with zero attached hydrogens (tertiary/aromatic N) is 2. The van der Waals surface area contributed by atoms with Gasteiger partial charge in [-0.05, 0) is 12.8 Å². The molecule has 0 spiro atoms. The molecule has 0 aliphatic carbocycles. The molecule has 0 saturated heterocycles. The zero-order valence-electron chi connectivity index (χ0n) is 11.8. The molecule has 6 nitrogen and oxygen atoms in total. The van der Waals surface area contributed by atoms with Gasteiger partial charge >= 0.3 is 0 Å². The van der Waals surface area contributed by atoms with Crippen molar-refractivity contribution in [2.45, 2.75) is 58.4 Å². The lowest BCUT2D eigenvalue weighted by Gasteiger charge is -2.15. The number of aromatic nitrogens is 2. The quantitative estimate of drug-likeness (QED) is 0.744. The molecule has 0 fully saturated rings. The Balaban J connectivity index is 2.36. The topological polar surface area (TPSA) is 88.2 Å². The summed E-state index contributed by atoms with van der Waals surface area (Å²) in [5.41, 5.74) is 0. The average Bonchev–Trinajstić information content (AvgIpc) is 2.84. The van der Waals surface area contributed by atoms with Crippen LogP contribution in [0.5, 0.6) is 0 Å². The van der Waals surface area contributed by atoms with Crippen molar-refractivity contribution < 1.29 is 14.4 Å². The summed E-state index contributed by atoms with van der Waals surface area (Å²) < 4.78 is 5.07. The molecule has 1 heterocycles. The van der Waals surface area contributed by atoms with E-state index in [0.29, 0.717) is 31.0 Å². The van der Waals surface area contributed by atoms with E-state index in [-0.39, 0.29) is 24.5 Å². The number of aliphatic hydroxyl groups excluding tert-OH is 1. The van der Waals surface area contributed by atoms with Crippen LogP contribution in [-0.2, 0) is 11.2 Å². The van der Waals surface area contributed by atoms with Crippen LogP contribution < -0.4 is 5.32 Å². The first-order valence-electron chi connectivity index (χ1n) is 6.79. The molecule has 0 radical (unpaired) electrons.